The molecule has 0 radical (unpaired) electrons. The summed E-state index contributed by atoms with van der Waals surface area (Å²) in [6.07, 6.45) is 3.15. The van der Waals surface area contributed by atoms with Crippen LogP contribution in [-0.2, 0) is 4.74 Å². The van der Waals surface area contributed by atoms with Gasteiger partial charge in [0.2, 0.25) is 0 Å². The highest BCUT2D eigenvalue weighted by atomic mass is 16.5. The van der Waals surface area contributed by atoms with Crippen molar-refractivity contribution in [1.82, 2.24) is 0 Å². The number of hydrogen-bond acceptors (Lipinski definition) is 3. The molecule has 1 heterocycles. The number of carbonyl (C=O) groups is 1. The lowest BCUT2D eigenvalue weighted by molar-refractivity contribution is 0.0673. The van der Waals surface area contributed by atoms with Gasteiger partial charge in [0, 0.05) is 6.61 Å². The average Bonchev–Trinajstić information content (AvgIpc) is 2.80. The fourth-order valence-electron chi connectivity index (χ4n) is 1.92. The Bertz CT molecular complexity index is 367. The normalized spacial score (nSPS) is 19.7. The van der Waals surface area contributed by atoms with E-state index in [0.717, 1.165) is 31.3 Å². The van der Waals surface area contributed by atoms with Crippen LogP contribution in [0.25, 0.3) is 0 Å². The molecule has 1 atom stereocenters. The van der Waals surface area contributed by atoms with Gasteiger partial charge in [-0.3, -0.25) is 4.79 Å². The predicted octanol–water partition coefficient (Wildman–Crippen LogP) is 2.37. The molecular formula is C13H16O3. The molecule has 3 nitrogen and oxygen atoms in total. The smallest absolute Gasteiger partial charge is 0.153 e. The molecule has 1 aromatic rings. The average molecular weight is 220 g/mol. The summed E-state index contributed by atoms with van der Waals surface area (Å²) in [6.45, 7) is 3.30. The highest BCUT2D eigenvalue weighted by Gasteiger charge is 2.17. The zero-order valence-electron chi connectivity index (χ0n) is 9.44. The van der Waals surface area contributed by atoms with Gasteiger partial charge in [-0.2, -0.15) is 0 Å². The van der Waals surface area contributed by atoms with Gasteiger partial charge in [-0.15, -0.1) is 0 Å². The monoisotopic (exact) mass is 220 g/mol. The fourth-order valence-corrected chi connectivity index (χ4v) is 1.92. The highest BCUT2D eigenvalue weighted by Crippen LogP contribution is 2.23. The molecule has 3 heteroatoms. The summed E-state index contributed by atoms with van der Waals surface area (Å²) in [4.78, 5) is 10.9. The van der Waals surface area contributed by atoms with Gasteiger partial charge in [0.25, 0.3) is 0 Å². The fraction of sp³-hybridized carbons (Fsp3) is 0.462. The first-order valence-electron chi connectivity index (χ1n) is 5.60. The molecule has 0 aliphatic carbocycles. The molecule has 0 amide bonds. The van der Waals surface area contributed by atoms with Crippen LogP contribution in [0.2, 0.25) is 0 Å². The minimum absolute atomic E-state index is 0.180. The number of aryl methyl sites for hydroxylation is 1. The van der Waals surface area contributed by atoms with E-state index in [0.29, 0.717) is 17.9 Å². The minimum atomic E-state index is 0.180. The van der Waals surface area contributed by atoms with Crippen LogP contribution in [0.3, 0.4) is 0 Å². The van der Waals surface area contributed by atoms with Gasteiger partial charge in [0.15, 0.2) is 6.29 Å². The van der Waals surface area contributed by atoms with Gasteiger partial charge < -0.3 is 9.47 Å². The number of hydrogen-bond donors (Lipinski definition) is 0. The summed E-state index contributed by atoms with van der Waals surface area (Å²) in [7, 11) is 0. The lowest BCUT2D eigenvalue weighted by Crippen LogP contribution is -2.17. The van der Waals surface area contributed by atoms with E-state index in [-0.39, 0.29) is 6.10 Å². The van der Waals surface area contributed by atoms with Crippen LogP contribution >= 0.6 is 0 Å². The maximum absolute atomic E-state index is 10.9. The zero-order valence-corrected chi connectivity index (χ0v) is 9.44. The lowest BCUT2D eigenvalue weighted by Gasteiger charge is -2.14. The molecule has 1 aliphatic rings. The van der Waals surface area contributed by atoms with E-state index >= 15 is 0 Å². The standard InChI is InChI=1S/C13H16O3/c1-10-4-2-5-11(8-14)13(10)16-9-12-6-3-7-15-12/h2,4-5,8,12H,3,6-7,9H2,1H3. The summed E-state index contributed by atoms with van der Waals surface area (Å²) in [5.74, 6) is 0.688. The topological polar surface area (TPSA) is 35.5 Å². The van der Waals surface area contributed by atoms with E-state index in [1.807, 2.05) is 19.1 Å². The Kier molecular flexibility index (Phi) is 3.57. The van der Waals surface area contributed by atoms with Crippen LogP contribution in [0, 0.1) is 6.92 Å². The molecule has 0 N–H and O–H groups in total. The van der Waals surface area contributed by atoms with Crippen LogP contribution in [0.5, 0.6) is 5.75 Å². The molecule has 0 saturated carbocycles. The molecule has 0 spiro atoms. The SMILES string of the molecule is Cc1cccc(C=O)c1OCC1CCCO1. The van der Waals surface area contributed by atoms with E-state index in [1.54, 1.807) is 6.07 Å². The van der Waals surface area contributed by atoms with Crippen LogP contribution < -0.4 is 4.74 Å². The Morgan fingerprint density at radius 2 is 2.44 bits per heavy atom. The summed E-state index contributed by atoms with van der Waals surface area (Å²) < 4.78 is 11.2. The van der Waals surface area contributed by atoms with Crippen molar-refractivity contribution in [2.75, 3.05) is 13.2 Å². The van der Waals surface area contributed by atoms with Gasteiger partial charge in [0.05, 0.1) is 11.7 Å². The van der Waals surface area contributed by atoms with Gasteiger partial charge in [-0.25, -0.2) is 0 Å². The number of ether oxygens (including phenoxy) is 2. The van der Waals surface area contributed by atoms with Crippen LogP contribution in [0.15, 0.2) is 18.2 Å². The first-order chi connectivity index (χ1) is 7.81. The number of benzene rings is 1. The van der Waals surface area contributed by atoms with Crippen molar-refractivity contribution >= 4 is 6.29 Å². The first kappa shape index (κ1) is 11.1. The van der Waals surface area contributed by atoms with Crippen LogP contribution in [0.4, 0.5) is 0 Å². The Labute approximate surface area is 95.4 Å². The van der Waals surface area contributed by atoms with E-state index in [1.165, 1.54) is 0 Å². The maximum Gasteiger partial charge on any atom is 0.153 e. The van der Waals surface area contributed by atoms with E-state index in [9.17, 15) is 4.79 Å². The molecule has 0 aromatic heterocycles. The third kappa shape index (κ3) is 2.42. The highest BCUT2D eigenvalue weighted by molar-refractivity contribution is 5.80. The molecule has 1 aromatic carbocycles. The van der Waals surface area contributed by atoms with Crippen LogP contribution in [0.1, 0.15) is 28.8 Å². The summed E-state index contributed by atoms with van der Waals surface area (Å²) in [6, 6.07) is 5.57. The Balaban J connectivity index is 2.04. The second kappa shape index (κ2) is 5.12. The maximum atomic E-state index is 10.9. The predicted molar refractivity (Wildman–Crippen MR) is 61.0 cm³/mol. The third-order valence-corrected chi connectivity index (χ3v) is 2.81. The summed E-state index contributed by atoms with van der Waals surface area (Å²) >= 11 is 0. The quantitative estimate of drug-likeness (QED) is 0.731. The van der Waals surface area contributed by atoms with Gasteiger partial charge in [-0.05, 0) is 31.4 Å². The Morgan fingerprint density at radius 3 is 3.12 bits per heavy atom. The molecule has 0 bridgehead atoms. The van der Waals surface area contributed by atoms with Crippen molar-refractivity contribution in [2.24, 2.45) is 0 Å². The summed E-state index contributed by atoms with van der Waals surface area (Å²) in [5, 5.41) is 0. The first-order valence-corrected chi connectivity index (χ1v) is 5.60. The molecule has 86 valence electrons. The number of para-hydroxylation sites is 1. The molecule has 16 heavy (non-hydrogen) atoms. The molecule has 1 aliphatic heterocycles. The minimum Gasteiger partial charge on any atom is -0.490 e. The largest absolute Gasteiger partial charge is 0.490 e. The Morgan fingerprint density at radius 1 is 1.56 bits per heavy atom. The molecular weight excluding hydrogens is 204 g/mol. The number of carbonyl (C=O) groups excluding carboxylic acids is 1. The third-order valence-electron chi connectivity index (χ3n) is 2.81. The van der Waals surface area contributed by atoms with Crippen molar-refractivity contribution in [3.63, 3.8) is 0 Å². The number of aldehydes is 1. The number of rotatable bonds is 4. The van der Waals surface area contributed by atoms with E-state index < -0.39 is 0 Å². The molecule has 1 fully saturated rings. The van der Waals surface area contributed by atoms with Crippen molar-refractivity contribution in [3.05, 3.63) is 29.3 Å². The van der Waals surface area contributed by atoms with Crippen molar-refractivity contribution in [3.8, 4) is 5.75 Å². The van der Waals surface area contributed by atoms with Gasteiger partial charge in [0.1, 0.15) is 12.4 Å². The van der Waals surface area contributed by atoms with Gasteiger partial charge >= 0.3 is 0 Å². The molecule has 2 rings (SSSR count). The van der Waals surface area contributed by atoms with Crippen molar-refractivity contribution in [1.29, 1.82) is 0 Å². The molecule has 1 saturated heterocycles. The van der Waals surface area contributed by atoms with E-state index in [4.69, 9.17) is 9.47 Å². The van der Waals surface area contributed by atoms with Gasteiger partial charge in [-0.1, -0.05) is 12.1 Å². The Hall–Kier alpha value is -1.35. The molecule has 1 unspecified atom stereocenters. The second-order valence-corrected chi connectivity index (χ2v) is 4.06. The second-order valence-electron chi connectivity index (χ2n) is 4.06. The zero-order chi connectivity index (χ0) is 11.4. The lowest BCUT2D eigenvalue weighted by atomic mass is 10.1. The summed E-state index contributed by atoms with van der Waals surface area (Å²) in [5.41, 5.74) is 1.60. The van der Waals surface area contributed by atoms with Crippen molar-refractivity contribution in [2.45, 2.75) is 25.9 Å². The van der Waals surface area contributed by atoms with Crippen molar-refractivity contribution < 1.29 is 14.3 Å². The van der Waals surface area contributed by atoms with Crippen LogP contribution in [-0.4, -0.2) is 25.6 Å². The van der Waals surface area contributed by atoms with E-state index in [2.05, 4.69) is 0 Å².